The second-order valence-corrected chi connectivity index (χ2v) is 4.63. The van der Waals surface area contributed by atoms with Gasteiger partial charge in [0.25, 0.3) is 0 Å². The number of hydrogen-bond donors (Lipinski definition) is 2. The number of carbonyl (C=O) groups is 1. The van der Waals surface area contributed by atoms with Crippen molar-refractivity contribution in [2.75, 3.05) is 13.7 Å². The van der Waals surface area contributed by atoms with E-state index in [1.165, 1.54) is 6.92 Å². The van der Waals surface area contributed by atoms with E-state index in [0.717, 1.165) is 34.3 Å². The fraction of sp³-hybridized carbons (Fsp3) is 0.357. The van der Waals surface area contributed by atoms with E-state index in [9.17, 15) is 4.79 Å². The van der Waals surface area contributed by atoms with Gasteiger partial charge in [0.2, 0.25) is 5.91 Å². The van der Waals surface area contributed by atoms with Crippen LogP contribution >= 0.6 is 11.6 Å². The van der Waals surface area contributed by atoms with E-state index in [1.54, 1.807) is 7.11 Å². The van der Waals surface area contributed by atoms with Crippen molar-refractivity contribution in [1.82, 2.24) is 10.3 Å². The standard InChI is InChI=1S/C14H17ClN2O2/c1-9(18)16-6-5-11-12-7-10(19-2)3-4-13(12)17-14(11)8-15/h3-4,7,17H,5-6,8H2,1-2H3,(H,16,18). The van der Waals surface area contributed by atoms with Crippen LogP contribution in [0.1, 0.15) is 18.2 Å². The Bertz CT molecular complexity index is 592. The highest BCUT2D eigenvalue weighted by molar-refractivity contribution is 6.17. The van der Waals surface area contributed by atoms with E-state index in [2.05, 4.69) is 10.3 Å². The number of aromatic nitrogens is 1. The van der Waals surface area contributed by atoms with Crippen LogP contribution in [0.15, 0.2) is 18.2 Å². The van der Waals surface area contributed by atoms with Gasteiger partial charge in [0.05, 0.1) is 13.0 Å². The van der Waals surface area contributed by atoms with E-state index in [1.807, 2.05) is 18.2 Å². The fourth-order valence-corrected chi connectivity index (χ4v) is 2.40. The molecule has 0 radical (unpaired) electrons. The second-order valence-electron chi connectivity index (χ2n) is 4.36. The predicted octanol–water partition coefficient (Wildman–Crippen LogP) is 2.59. The number of alkyl halides is 1. The molecular weight excluding hydrogens is 264 g/mol. The number of fused-ring (bicyclic) bond motifs is 1. The Hall–Kier alpha value is -1.68. The van der Waals surface area contributed by atoms with Gasteiger partial charge in [0.15, 0.2) is 0 Å². The van der Waals surface area contributed by atoms with Gasteiger partial charge in [-0.2, -0.15) is 0 Å². The van der Waals surface area contributed by atoms with Crippen molar-refractivity contribution in [1.29, 1.82) is 0 Å². The third-order valence-electron chi connectivity index (χ3n) is 3.08. The smallest absolute Gasteiger partial charge is 0.216 e. The summed E-state index contributed by atoms with van der Waals surface area (Å²) in [5, 5.41) is 3.90. The molecule has 5 heteroatoms. The quantitative estimate of drug-likeness (QED) is 0.827. The second kappa shape index (κ2) is 5.97. The molecule has 0 atom stereocenters. The van der Waals surface area contributed by atoms with Crippen molar-refractivity contribution in [3.05, 3.63) is 29.5 Å². The number of halogens is 1. The highest BCUT2D eigenvalue weighted by atomic mass is 35.5. The number of benzene rings is 1. The molecule has 19 heavy (non-hydrogen) atoms. The van der Waals surface area contributed by atoms with E-state index in [0.29, 0.717) is 12.4 Å². The monoisotopic (exact) mass is 280 g/mol. The molecule has 102 valence electrons. The molecule has 0 spiro atoms. The lowest BCUT2D eigenvalue weighted by molar-refractivity contribution is -0.118. The van der Waals surface area contributed by atoms with Gasteiger partial charge in [-0.1, -0.05) is 0 Å². The normalized spacial score (nSPS) is 10.7. The Morgan fingerprint density at radius 2 is 2.26 bits per heavy atom. The van der Waals surface area contributed by atoms with Gasteiger partial charge in [-0.05, 0) is 30.2 Å². The van der Waals surface area contributed by atoms with E-state index in [-0.39, 0.29) is 5.91 Å². The van der Waals surface area contributed by atoms with E-state index < -0.39 is 0 Å². The van der Waals surface area contributed by atoms with Crippen LogP contribution in [-0.4, -0.2) is 24.5 Å². The zero-order valence-electron chi connectivity index (χ0n) is 11.0. The van der Waals surface area contributed by atoms with Gasteiger partial charge in [-0.15, -0.1) is 11.6 Å². The van der Waals surface area contributed by atoms with Crippen molar-refractivity contribution < 1.29 is 9.53 Å². The third-order valence-corrected chi connectivity index (χ3v) is 3.35. The summed E-state index contributed by atoms with van der Waals surface area (Å²) >= 11 is 5.97. The van der Waals surface area contributed by atoms with Crippen molar-refractivity contribution in [2.24, 2.45) is 0 Å². The molecule has 2 N–H and O–H groups in total. The van der Waals surface area contributed by atoms with Crippen LogP contribution in [0.4, 0.5) is 0 Å². The number of carbonyl (C=O) groups excluding carboxylic acids is 1. The molecule has 0 unspecified atom stereocenters. The van der Waals surface area contributed by atoms with Gasteiger partial charge >= 0.3 is 0 Å². The zero-order valence-corrected chi connectivity index (χ0v) is 11.8. The number of nitrogens with one attached hydrogen (secondary N) is 2. The minimum atomic E-state index is -0.0233. The lowest BCUT2D eigenvalue weighted by Gasteiger charge is -2.04. The largest absolute Gasteiger partial charge is 0.497 e. The summed E-state index contributed by atoms with van der Waals surface area (Å²) in [7, 11) is 1.65. The molecule has 1 heterocycles. The average molecular weight is 281 g/mol. The number of ether oxygens (including phenoxy) is 1. The molecule has 0 aliphatic rings. The predicted molar refractivity (Wildman–Crippen MR) is 76.8 cm³/mol. The van der Waals surface area contributed by atoms with E-state index >= 15 is 0 Å². The number of hydrogen-bond acceptors (Lipinski definition) is 2. The lowest BCUT2D eigenvalue weighted by atomic mass is 10.1. The van der Waals surface area contributed by atoms with Crippen LogP contribution in [0, 0.1) is 0 Å². The SMILES string of the molecule is COc1ccc2[nH]c(CCl)c(CCNC(C)=O)c2c1. The molecule has 0 aliphatic carbocycles. The first-order valence-corrected chi connectivity index (χ1v) is 6.67. The first-order chi connectivity index (χ1) is 9.15. The topological polar surface area (TPSA) is 54.1 Å². The molecule has 1 aromatic carbocycles. The Labute approximate surface area is 117 Å². The minimum Gasteiger partial charge on any atom is -0.497 e. The van der Waals surface area contributed by atoms with Gasteiger partial charge in [-0.3, -0.25) is 4.79 Å². The van der Waals surface area contributed by atoms with Gasteiger partial charge in [0.1, 0.15) is 5.75 Å². The summed E-state index contributed by atoms with van der Waals surface area (Å²) in [6.07, 6.45) is 0.745. The van der Waals surface area contributed by atoms with Crippen LogP contribution in [0.25, 0.3) is 10.9 Å². The van der Waals surface area contributed by atoms with Crippen LogP contribution in [0.5, 0.6) is 5.75 Å². The van der Waals surface area contributed by atoms with Crippen molar-refractivity contribution >= 4 is 28.4 Å². The Morgan fingerprint density at radius 1 is 1.47 bits per heavy atom. The summed E-state index contributed by atoms with van der Waals surface area (Å²) in [4.78, 5) is 14.2. The fourth-order valence-electron chi connectivity index (χ4n) is 2.17. The maximum Gasteiger partial charge on any atom is 0.216 e. The zero-order chi connectivity index (χ0) is 13.8. The molecular formula is C14H17ClN2O2. The molecule has 0 saturated carbocycles. The minimum absolute atomic E-state index is 0.0233. The summed E-state index contributed by atoms with van der Waals surface area (Å²) < 4.78 is 5.25. The molecule has 0 saturated heterocycles. The third kappa shape index (κ3) is 3.01. The van der Waals surface area contributed by atoms with Gasteiger partial charge in [-0.25, -0.2) is 0 Å². The first kappa shape index (κ1) is 13.7. The van der Waals surface area contributed by atoms with Crippen LogP contribution in [0.2, 0.25) is 0 Å². The molecule has 0 aliphatic heterocycles. The highest BCUT2D eigenvalue weighted by Crippen LogP contribution is 2.27. The average Bonchev–Trinajstić information content (AvgIpc) is 2.75. The Kier molecular flexibility index (Phi) is 4.32. The molecule has 0 fully saturated rings. The molecule has 0 bridgehead atoms. The summed E-state index contributed by atoms with van der Waals surface area (Å²) in [6.45, 7) is 2.12. The van der Waals surface area contributed by atoms with Gasteiger partial charge in [0, 0.05) is 30.1 Å². The number of methoxy groups -OCH3 is 1. The summed E-state index contributed by atoms with van der Waals surface area (Å²) in [5.74, 6) is 1.21. The maximum absolute atomic E-state index is 10.9. The van der Waals surface area contributed by atoms with Gasteiger partial charge < -0.3 is 15.0 Å². The number of aromatic amines is 1. The summed E-state index contributed by atoms with van der Waals surface area (Å²) in [5.41, 5.74) is 3.17. The molecule has 2 rings (SSSR count). The molecule has 1 aromatic heterocycles. The lowest BCUT2D eigenvalue weighted by Crippen LogP contribution is -2.22. The van der Waals surface area contributed by atoms with Crippen LogP contribution in [0.3, 0.4) is 0 Å². The Morgan fingerprint density at radius 3 is 2.89 bits per heavy atom. The molecule has 2 aromatic rings. The van der Waals surface area contributed by atoms with Crippen molar-refractivity contribution in [3.8, 4) is 5.75 Å². The summed E-state index contributed by atoms with van der Waals surface area (Å²) in [6, 6.07) is 5.88. The molecule has 4 nitrogen and oxygen atoms in total. The van der Waals surface area contributed by atoms with Crippen LogP contribution < -0.4 is 10.1 Å². The number of rotatable bonds is 5. The maximum atomic E-state index is 10.9. The first-order valence-electron chi connectivity index (χ1n) is 6.13. The van der Waals surface area contributed by atoms with Crippen molar-refractivity contribution in [3.63, 3.8) is 0 Å². The number of amides is 1. The number of H-pyrrole nitrogens is 1. The van der Waals surface area contributed by atoms with E-state index in [4.69, 9.17) is 16.3 Å². The van der Waals surface area contributed by atoms with Crippen LogP contribution in [-0.2, 0) is 17.1 Å². The van der Waals surface area contributed by atoms with Crippen molar-refractivity contribution in [2.45, 2.75) is 19.2 Å². The highest BCUT2D eigenvalue weighted by Gasteiger charge is 2.11. The molecule has 1 amide bonds. The Balaban J connectivity index is 2.34.